The number of aliphatic hydroxyl groups is 1. The smallest absolute Gasteiger partial charge is 0.257 e. The van der Waals surface area contributed by atoms with Crippen LogP contribution in [-0.4, -0.2) is 58.4 Å². The molecule has 1 aliphatic heterocycles. The van der Waals surface area contributed by atoms with Crippen molar-refractivity contribution in [2.75, 3.05) is 26.8 Å². The Bertz CT molecular complexity index is 458. The first-order valence-electron chi connectivity index (χ1n) is 6.20. The van der Waals surface area contributed by atoms with Crippen LogP contribution >= 0.6 is 0 Å². The van der Waals surface area contributed by atoms with Gasteiger partial charge in [0, 0.05) is 45.8 Å². The standard InChI is InChI=1S/C13H18N2O4/c1-15(9-13(18)3-6-19-7-4-13)12(17)10-2-5-14-8-11(10)16/h2,5,8,16,18H,3-4,6-7,9H2,1H3. The van der Waals surface area contributed by atoms with Gasteiger partial charge < -0.3 is 19.8 Å². The van der Waals surface area contributed by atoms with E-state index in [-0.39, 0.29) is 23.8 Å². The van der Waals surface area contributed by atoms with Gasteiger partial charge in [-0.15, -0.1) is 0 Å². The fourth-order valence-corrected chi connectivity index (χ4v) is 2.20. The van der Waals surface area contributed by atoms with Crippen LogP contribution in [0.3, 0.4) is 0 Å². The molecule has 1 aromatic heterocycles. The molecule has 0 aromatic carbocycles. The molecule has 6 nitrogen and oxygen atoms in total. The molecule has 104 valence electrons. The van der Waals surface area contributed by atoms with Gasteiger partial charge in [0.1, 0.15) is 5.75 Å². The lowest BCUT2D eigenvalue weighted by atomic mass is 9.94. The maximum Gasteiger partial charge on any atom is 0.257 e. The molecule has 0 radical (unpaired) electrons. The Morgan fingerprint density at radius 3 is 2.84 bits per heavy atom. The Hall–Kier alpha value is -1.66. The van der Waals surface area contributed by atoms with Crippen LogP contribution in [0.4, 0.5) is 0 Å². The zero-order valence-corrected chi connectivity index (χ0v) is 10.9. The van der Waals surface area contributed by atoms with Crippen molar-refractivity contribution in [3.8, 4) is 5.75 Å². The predicted molar refractivity (Wildman–Crippen MR) is 67.9 cm³/mol. The molecular weight excluding hydrogens is 248 g/mol. The summed E-state index contributed by atoms with van der Waals surface area (Å²) in [6.07, 6.45) is 3.69. The second-order valence-corrected chi connectivity index (χ2v) is 4.89. The van der Waals surface area contributed by atoms with Gasteiger partial charge in [-0.2, -0.15) is 0 Å². The van der Waals surface area contributed by atoms with E-state index in [2.05, 4.69) is 4.98 Å². The van der Waals surface area contributed by atoms with Gasteiger partial charge in [-0.3, -0.25) is 9.78 Å². The van der Waals surface area contributed by atoms with Crippen molar-refractivity contribution in [1.29, 1.82) is 0 Å². The van der Waals surface area contributed by atoms with E-state index in [1.165, 1.54) is 23.4 Å². The third-order valence-corrected chi connectivity index (χ3v) is 3.33. The minimum atomic E-state index is -0.911. The van der Waals surface area contributed by atoms with E-state index in [1.54, 1.807) is 7.05 Å². The number of pyridine rings is 1. The molecule has 0 unspecified atom stereocenters. The van der Waals surface area contributed by atoms with Crippen molar-refractivity contribution in [3.63, 3.8) is 0 Å². The molecule has 2 rings (SSSR count). The van der Waals surface area contributed by atoms with E-state index in [4.69, 9.17) is 4.74 Å². The fraction of sp³-hybridized carbons (Fsp3) is 0.538. The highest BCUT2D eigenvalue weighted by atomic mass is 16.5. The first-order valence-corrected chi connectivity index (χ1v) is 6.20. The lowest BCUT2D eigenvalue weighted by Crippen LogP contribution is -2.47. The van der Waals surface area contributed by atoms with Gasteiger partial charge in [-0.25, -0.2) is 0 Å². The molecule has 0 bridgehead atoms. The van der Waals surface area contributed by atoms with Crippen molar-refractivity contribution >= 4 is 5.91 Å². The number of hydrogen-bond acceptors (Lipinski definition) is 5. The lowest BCUT2D eigenvalue weighted by Gasteiger charge is -2.35. The van der Waals surface area contributed by atoms with Crippen molar-refractivity contribution in [1.82, 2.24) is 9.88 Å². The highest BCUT2D eigenvalue weighted by molar-refractivity contribution is 5.96. The van der Waals surface area contributed by atoms with Gasteiger partial charge in [-0.05, 0) is 6.07 Å². The number of carbonyl (C=O) groups excluding carboxylic acids is 1. The molecule has 1 fully saturated rings. The minimum absolute atomic E-state index is 0.154. The lowest BCUT2D eigenvalue weighted by molar-refractivity contribution is -0.0734. The summed E-state index contributed by atoms with van der Waals surface area (Å²) < 4.78 is 5.20. The number of aromatic hydroxyl groups is 1. The molecule has 2 N–H and O–H groups in total. The third kappa shape index (κ3) is 3.21. The van der Waals surface area contributed by atoms with Gasteiger partial charge >= 0.3 is 0 Å². The number of amides is 1. The monoisotopic (exact) mass is 266 g/mol. The van der Waals surface area contributed by atoms with Crippen molar-refractivity contribution in [2.24, 2.45) is 0 Å². The summed E-state index contributed by atoms with van der Waals surface area (Å²) in [6, 6.07) is 1.46. The molecule has 6 heteroatoms. The number of nitrogens with zero attached hydrogens (tertiary/aromatic N) is 2. The van der Waals surface area contributed by atoms with Crippen LogP contribution in [0.2, 0.25) is 0 Å². The summed E-state index contributed by atoms with van der Waals surface area (Å²) in [5.74, 6) is -0.488. The average molecular weight is 266 g/mol. The number of likely N-dealkylation sites (N-methyl/N-ethyl adjacent to an activating group) is 1. The Balaban J connectivity index is 2.05. The van der Waals surface area contributed by atoms with E-state index in [1.807, 2.05) is 0 Å². The second kappa shape index (κ2) is 5.54. The summed E-state index contributed by atoms with van der Waals surface area (Å²) in [5, 5.41) is 20.0. The number of rotatable bonds is 3. The number of hydrogen-bond donors (Lipinski definition) is 2. The van der Waals surface area contributed by atoms with Crippen LogP contribution in [-0.2, 0) is 4.74 Å². The predicted octanol–water partition coefficient (Wildman–Crippen LogP) is 0.401. The summed E-state index contributed by atoms with van der Waals surface area (Å²) in [5.41, 5.74) is -0.723. The fourth-order valence-electron chi connectivity index (χ4n) is 2.20. The number of carbonyl (C=O) groups is 1. The molecular formula is C13H18N2O4. The molecule has 1 amide bonds. The molecule has 2 heterocycles. The first kappa shape index (κ1) is 13.8. The SMILES string of the molecule is CN(CC1(O)CCOCC1)C(=O)c1ccncc1O. The molecule has 1 saturated heterocycles. The maximum atomic E-state index is 12.2. The minimum Gasteiger partial charge on any atom is -0.505 e. The van der Waals surface area contributed by atoms with Gasteiger partial charge in [-0.1, -0.05) is 0 Å². The Morgan fingerprint density at radius 1 is 1.53 bits per heavy atom. The maximum absolute atomic E-state index is 12.2. The molecule has 0 aliphatic carbocycles. The topological polar surface area (TPSA) is 82.9 Å². The van der Waals surface area contributed by atoms with Crippen LogP contribution in [0.15, 0.2) is 18.5 Å². The van der Waals surface area contributed by atoms with Gasteiger partial charge in [0.15, 0.2) is 0 Å². The van der Waals surface area contributed by atoms with E-state index in [0.717, 1.165) is 0 Å². The highest BCUT2D eigenvalue weighted by Gasteiger charge is 2.32. The highest BCUT2D eigenvalue weighted by Crippen LogP contribution is 2.23. The Labute approximate surface area is 111 Å². The Kier molecular flexibility index (Phi) is 4.01. The van der Waals surface area contributed by atoms with E-state index in [9.17, 15) is 15.0 Å². The second-order valence-electron chi connectivity index (χ2n) is 4.89. The van der Waals surface area contributed by atoms with Gasteiger partial charge in [0.05, 0.1) is 17.4 Å². The van der Waals surface area contributed by atoms with Crippen LogP contribution in [0.1, 0.15) is 23.2 Å². The Morgan fingerprint density at radius 2 is 2.21 bits per heavy atom. The van der Waals surface area contributed by atoms with E-state index < -0.39 is 5.60 Å². The summed E-state index contributed by atoms with van der Waals surface area (Å²) in [6.45, 7) is 1.22. The van der Waals surface area contributed by atoms with Crippen LogP contribution in [0.25, 0.3) is 0 Å². The summed E-state index contributed by atoms with van der Waals surface area (Å²) in [7, 11) is 1.61. The van der Waals surface area contributed by atoms with Crippen LogP contribution < -0.4 is 0 Å². The van der Waals surface area contributed by atoms with E-state index >= 15 is 0 Å². The number of aromatic nitrogens is 1. The molecule has 19 heavy (non-hydrogen) atoms. The van der Waals surface area contributed by atoms with Gasteiger partial charge in [0.2, 0.25) is 0 Å². The largest absolute Gasteiger partial charge is 0.505 e. The summed E-state index contributed by atoms with van der Waals surface area (Å²) >= 11 is 0. The molecule has 0 atom stereocenters. The van der Waals surface area contributed by atoms with Gasteiger partial charge in [0.25, 0.3) is 5.91 Å². The molecule has 0 saturated carbocycles. The quantitative estimate of drug-likeness (QED) is 0.827. The zero-order valence-electron chi connectivity index (χ0n) is 10.9. The first-order chi connectivity index (χ1) is 9.02. The van der Waals surface area contributed by atoms with Crippen LogP contribution in [0, 0.1) is 0 Å². The normalized spacial score (nSPS) is 18.0. The van der Waals surface area contributed by atoms with E-state index in [0.29, 0.717) is 26.1 Å². The number of ether oxygens (including phenoxy) is 1. The molecule has 1 aliphatic rings. The van der Waals surface area contributed by atoms with Crippen molar-refractivity contribution in [2.45, 2.75) is 18.4 Å². The van der Waals surface area contributed by atoms with Crippen LogP contribution in [0.5, 0.6) is 5.75 Å². The van der Waals surface area contributed by atoms with Crippen molar-refractivity contribution in [3.05, 3.63) is 24.0 Å². The third-order valence-electron chi connectivity index (χ3n) is 3.33. The summed E-state index contributed by atoms with van der Waals surface area (Å²) in [4.78, 5) is 17.3. The molecule has 0 spiro atoms. The molecule has 1 aromatic rings. The zero-order chi connectivity index (χ0) is 13.9. The average Bonchev–Trinajstić information content (AvgIpc) is 2.39. The van der Waals surface area contributed by atoms with Crippen molar-refractivity contribution < 1.29 is 19.7 Å².